The van der Waals surface area contributed by atoms with Crippen LogP contribution in [0, 0.1) is 0 Å². The molecule has 50 heavy (non-hydrogen) atoms. The minimum Gasteiger partial charge on any atom is -0.480 e. The topological polar surface area (TPSA) is 280 Å². The minimum absolute atomic E-state index is 0.0222. The number of nitrogens with zero attached hydrogens (tertiary/aromatic N) is 2. The molecule has 0 radical (unpaired) electrons. The van der Waals surface area contributed by atoms with E-state index >= 15 is 0 Å². The second kappa shape index (κ2) is 18.0. The summed E-state index contributed by atoms with van der Waals surface area (Å²) in [5.74, 6) is -4.56. The van der Waals surface area contributed by atoms with Crippen molar-refractivity contribution in [3.63, 3.8) is 0 Å². The van der Waals surface area contributed by atoms with Gasteiger partial charge in [0.25, 0.3) is 0 Å². The molecule has 1 aromatic heterocycles. The Labute approximate surface area is 289 Å². The van der Waals surface area contributed by atoms with Crippen molar-refractivity contribution in [2.75, 3.05) is 19.6 Å². The second-order valence-electron chi connectivity index (χ2n) is 12.7. The lowest BCUT2D eigenvalue weighted by Gasteiger charge is -2.30. The number of rotatable bonds is 11. The lowest BCUT2D eigenvalue weighted by molar-refractivity contribution is -0.143. The fourth-order valence-corrected chi connectivity index (χ4v) is 6.37. The number of nitrogens with two attached hydrogens (primary N) is 3. The van der Waals surface area contributed by atoms with Crippen molar-refractivity contribution in [3.05, 3.63) is 36.0 Å². The number of benzene rings is 1. The van der Waals surface area contributed by atoms with E-state index in [0.29, 0.717) is 44.2 Å². The first kappa shape index (κ1) is 37.6. The number of carbonyl (C=O) groups is 6. The number of carboxylic acids is 1. The zero-order valence-electron chi connectivity index (χ0n) is 28.0. The fourth-order valence-electron chi connectivity index (χ4n) is 6.37. The lowest BCUT2D eigenvalue weighted by atomic mass is 10.0. The van der Waals surface area contributed by atoms with Crippen molar-refractivity contribution in [1.82, 2.24) is 31.2 Å². The maximum atomic E-state index is 14.1. The van der Waals surface area contributed by atoms with E-state index in [-0.39, 0.29) is 51.2 Å². The van der Waals surface area contributed by atoms with Gasteiger partial charge in [0.1, 0.15) is 30.2 Å². The Morgan fingerprint density at radius 3 is 2.34 bits per heavy atom. The van der Waals surface area contributed by atoms with Crippen molar-refractivity contribution in [1.29, 1.82) is 0 Å². The molecule has 1 aromatic carbocycles. The summed E-state index contributed by atoms with van der Waals surface area (Å²) in [6.45, 7) is 0.807. The van der Waals surface area contributed by atoms with Crippen LogP contribution in [0.25, 0.3) is 10.9 Å². The number of nitrogens with one attached hydrogen (secondary N) is 5. The molecule has 2 aromatic rings. The standard InChI is InChI=1S/C33H48N10O7/c34-14-4-3-9-23-31(48)43-16-6-11-26(43)30(47)42-25(17-19-18-38-21-8-2-1-7-20(19)21)29(46)41-24(32(49)50)12-13-27(44)39-22(28(45)40-23)10-5-15-37-33(35)36/h1-2,7-8,18,22-26,38H,3-6,9-17,34H2,(H,39,44)(H,40,45)(H,41,46)(H,42,47)(H,49,50)(H4,35,36,37)/t22-,23-,24-,25-,26-/m0/s1. The van der Waals surface area contributed by atoms with Gasteiger partial charge in [-0.25, -0.2) is 4.79 Å². The fraction of sp³-hybridized carbons (Fsp3) is 0.545. The van der Waals surface area contributed by atoms with Gasteiger partial charge in [-0.1, -0.05) is 18.2 Å². The van der Waals surface area contributed by atoms with E-state index in [1.165, 1.54) is 4.90 Å². The van der Waals surface area contributed by atoms with Gasteiger partial charge < -0.3 is 53.5 Å². The maximum absolute atomic E-state index is 14.1. The third kappa shape index (κ3) is 10.2. The van der Waals surface area contributed by atoms with E-state index in [1.54, 1.807) is 6.20 Å². The average molecular weight is 697 g/mol. The number of carboxylic acid groups (broad SMARTS) is 1. The van der Waals surface area contributed by atoms with Gasteiger partial charge in [-0.3, -0.25) is 29.0 Å². The molecule has 2 saturated heterocycles. The SMILES string of the molecule is NCCCC[C@@H]1NC(=O)[C@H](CCCN=C(N)N)NC(=O)CC[C@@H](C(=O)O)NC(=O)[C@H](Cc2c[nH]c3ccccc23)NC(=O)[C@@H]2CCCN2C1=O. The smallest absolute Gasteiger partial charge is 0.326 e. The molecule has 0 saturated carbocycles. The van der Waals surface area contributed by atoms with Gasteiger partial charge in [0, 0.05) is 43.0 Å². The van der Waals surface area contributed by atoms with Crippen molar-refractivity contribution >= 4 is 52.4 Å². The lowest BCUT2D eigenvalue weighted by Crippen LogP contribution is -2.58. The summed E-state index contributed by atoms with van der Waals surface area (Å²) in [4.78, 5) is 89.1. The van der Waals surface area contributed by atoms with E-state index in [0.717, 1.165) is 10.9 Å². The summed E-state index contributed by atoms with van der Waals surface area (Å²) in [6.07, 6.45) is 3.72. The number of aliphatic imine (C=N–C) groups is 1. The predicted octanol–water partition coefficient (Wildman–Crippen LogP) is -1.30. The number of fused-ring (bicyclic) bond motifs is 2. The number of aromatic amines is 1. The van der Waals surface area contributed by atoms with E-state index in [1.807, 2.05) is 24.3 Å². The van der Waals surface area contributed by atoms with Crippen LogP contribution in [0.5, 0.6) is 0 Å². The number of carbonyl (C=O) groups excluding carboxylic acids is 5. The molecule has 0 aliphatic carbocycles. The Kier molecular flexibility index (Phi) is 13.5. The summed E-state index contributed by atoms with van der Waals surface area (Å²) in [5.41, 5.74) is 18.1. The second-order valence-corrected chi connectivity index (χ2v) is 12.7. The summed E-state index contributed by atoms with van der Waals surface area (Å²) < 4.78 is 0. The van der Waals surface area contributed by atoms with Crippen LogP contribution in [0.3, 0.4) is 0 Å². The van der Waals surface area contributed by atoms with E-state index in [4.69, 9.17) is 17.2 Å². The normalized spacial score (nSPS) is 24.1. The Morgan fingerprint density at radius 2 is 1.60 bits per heavy atom. The van der Waals surface area contributed by atoms with Crippen molar-refractivity contribution in [3.8, 4) is 0 Å². The van der Waals surface area contributed by atoms with E-state index < -0.39 is 65.7 Å². The molecular formula is C33H48N10O7. The molecule has 2 aliphatic rings. The van der Waals surface area contributed by atoms with Gasteiger partial charge in [0.05, 0.1) is 0 Å². The molecule has 272 valence electrons. The number of hydrogen-bond acceptors (Lipinski definition) is 8. The number of amides is 5. The van der Waals surface area contributed by atoms with Crippen LogP contribution in [0.1, 0.15) is 63.4 Å². The summed E-state index contributed by atoms with van der Waals surface area (Å²) in [7, 11) is 0. The van der Waals surface area contributed by atoms with Crippen LogP contribution in [0.2, 0.25) is 0 Å². The van der Waals surface area contributed by atoms with Crippen molar-refractivity contribution in [2.45, 2.75) is 94.4 Å². The highest BCUT2D eigenvalue weighted by Gasteiger charge is 2.40. The molecule has 0 spiro atoms. The molecule has 17 heteroatoms. The quantitative estimate of drug-likeness (QED) is 0.0761. The first-order chi connectivity index (χ1) is 24.0. The third-order valence-corrected chi connectivity index (χ3v) is 9.00. The monoisotopic (exact) mass is 696 g/mol. The van der Waals surface area contributed by atoms with Gasteiger partial charge in [-0.2, -0.15) is 0 Å². The highest BCUT2D eigenvalue weighted by Crippen LogP contribution is 2.23. The van der Waals surface area contributed by atoms with Crippen LogP contribution in [-0.2, 0) is 35.2 Å². The number of aliphatic carboxylic acids is 1. The first-order valence-corrected chi connectivity index (χ1v) is 17.0. The maximum Gasteiger partial charge on any atom is 0.326 e. The van der Waals surface area contributed by atoms with Crippen LogP contribution in [0.4, 0.5) is 0 Å². The van der Waals surface area contributed by atoms with Crippen LogP contribution in [0.15, 0.2) is 35.5 Å². The zero-order valence-corrected chi connectivity index (χ0v) is 28.0. The number of aromatic nitrogens is 1. The summed E-state index contributed by atoms with van der Waals surface area (Å²) in [6, 6.07) is 1.68. The summed E-state index contributed by atoms with van der Waals surface area (Å²) >= 11 is 0. The number of hydrogen-bond donors (Lipinski definition) is 9. The molecular weight excluding hydrogens is 648 g/mol. The molecule has 0 unspecified atom stereocenters. The van der Waals surface area contributed by atoms with Gasteiger partial charge in [-0.05, 0) is 69.5 Å². The molecule has 3 heterocycles. The van der Waals surface area contributed by atoms with Crippen LogP contribution >= 0.6 is 0 Å². The van der Waals surface area contributed by atoms with Gasteiger partial charge >= 0.3 is 5.97 Å². The molecule has 4 rings (SSSR count). The average Bonchev–Trinajstić information content (AvgIpc) is 3.74. The van der Waals surface area contributed by atoms with E-state index in [2.05, 4.69) is 31.2 Å². The highest BCUT2D eigenvalue weighted by molar-refractivity contribution is 5.97. The molecule has 17 nitrogen and oxygen atoms in total. The zero-order chi connectivity index (χ0) is 36.2. The largest absolute Gasteiger partial charge is 0.480 e. The Morgan fingerprint density at radius 1 is 0.880 bits per heavy atom. The molecule has 2 fully saturated rings. The summed E-state index contributed by atoms with van der Waals surface area (Å²) in [5, 5.41) is 21.5. The molecule has 5 atom stereocenters. The van der Waals surface area contributed by atoms with Crippen molar-refractivity contribution in [2.24, 2.45) is 22.2 Å². The van der Waals surface area contributed by atoms with E-state index in [9.17, 15) is 33.9 Å². The highest BCUT2D eigenvalue weighted by atomic mass is 16.4. The van der Waals surface area contributed by atoms with Gasteiger partial charge in [0.2, 0.25) is 29.5 Å². The Balaban J connectivity index is 1.67. The number of guanidine groups is 1. The number of unbranched alkanes of at least 4 members (excludes halogenated alkanes) is 1. The van der Waals surface area contributed by atoms with Crippen LogP contribution in [-0.4, -0.2) is 106 Å². The molecule has 12 N–H and O–H groups in total. The van der Waals surface area contributed by atoms with Crippen LogP contribution < -0.4 is 38.5 Å². The third-order valence-electron chi connectivity index (χ3n) is 9.00. The molecule has 2 aliphatic heterocycles. The number of para-hydroxylation sites is 1. The van der Waals surface area contributed by atoms with Crippen molar-refractivity contribution < 1.29 is 33.9 Å². The Hall–Kier alpha value is -5.19. The molecule has 0 bridgehead atoms. The molecule has 5 amide bonds. The number of H-pyrrole nitrogens is 1. The van der Waals surface area contributed by atoms with Gasteiger partial charge in [-0.15, -0.1) is 0 Å². The van der Waals surface area contributed by atoms with Gasteiger partial charge in [0.15, 0.2) is 5.96 Å². The Bertz CT molecular complexity index is 1570. The predicted molar refractivity (Wildman–Crippen MR) is 184 cm³/mol. The minimum atomic E-state index is -1.48. The first-order valence-electron chi connectivity index (χ1n) is 17.0.